The number of hydrogen-bond acceptors (Lipinski definition) is 3. The number of anilines is 1. The summed E-state index contributed by atoms with van der Waals surface area (Å²) in [5.41, 5.74) is 1.58. The minimum atomic E-state index is -0.381. The van der Waals surface area contributed by atoms with Crippen molar-refractivity contribution in [1.29, 1.82) is 0 Å². The van der Waals surface area contributed by atoms with Crippen LogP contribution in [0.3, 0.4) is 0 Å². The average Bonchev–Trinajstić information content (AvgIpc) is 2.21. The number of carbonyl (C=O) groups is 1. The molecule has 4 heteroatoms. The number of esters is 1. The number of allylic oxidation sites excluding steroid dienone is 1. The molecule has 0 fully saturated rings. The summed E-state index contributed by atoms with van der Waals surface area (Å²) in [4.78, 5) is 10.9. The summed E-state index contributed by atoms with van der Waals surface area (Å²) in [6, 6.07) is 7.21. The number of rotatable bonds is 3. The Balaban J connectivity index is 2.66. The largest absolute Gasteiger partial charge is 0.466 e. The van der Waals surface area contributed by atoms with Gasteiger partial charge in [0.1, 0.15) is 0 Å². The lowest BCUT2D eigenvalue weighted by Gasteiger charge is -2.05. The van der Waals surface area contributed by atoms with E-state index >= 15 is 0 Å². The van der Waals surface area contributed by atoms with Crippen LogP contribution in [0.15, 0.2) is 36.0 Å². The van der Waals surface area contributed by atoms with Crippen molar-refractivity contribution in [2.45, 2.75) is 6.92 Å². The Morgan fingerprint density at radius 3 is 2.53 bits per heavy atom. The van der Waals surface area contributed by atoms with Gasteiger partial charge in [0.25, 0.3) is 0 Å². The van der Waals surface area contributed by atoms with Gasteiger partial charge >= 0.3 is 5.97 Å². The summed E-state index contributed by atoms with van der Waals surface area (Å²) in [7, 11) is 1.34. The molecule has 1 aromatic carbocycles. The smallest absolute Gasteiger partial charge is 0.332 e. The highest BCUT2D eigenvalue weighted by atomic mass is 35.5. The second-order valence-electron chi connectivity index (χ2n) is 2.98. The van der Waals surface area contributed by atoms with E-state index in [0.717, 1.165) is 5.69 Å². The summed E-state index contributed by atoms with van der Waals surface area (Å²) in [5.74, 6) is -0.381. The highest BCUT2D eigenvalue weighted by molar-refractivity contribution is 6.30. The van der Waals surface area contributed by atoms with E-state index in [2.05, 4.69) is 10.1 Å². The zero-order chi connectivity index (χ0) is 11.3. The molecule has 0 atom stereocenters. The second kappa shape index (κ2) is 5.41. The standard InChI is InChI=1S/C11H12ClNO2/c1-8(7-11(14)15-2)13-10-5-3-9(12)4-6-10/h3-7,13H,1-2H3. The van der Waals surface area contributed by atoms with E-state index < -0.39 is 0 Å². The van der Waals surface area contributed by atoms with E-state index in [-0.39, 0.29) is 5.97 Å². The van der Waals surface area contributed by atoms with Gasteiger partial charge in [0.15, 0.2) is 0 Å². The predicted octanol–water partition coefficient (Wildman–Crippen LogP) is 2.83. The van der Waals surface area contributed by atoms with Crippen molar-refractivity contribution in [1.82, 2.24) is 0 Å². The van der Waals surface area contributed by atoms with Crippen LogP contribution in [0.25, 0.3) is 0 Å². The summed E-state index contributed by atoms with van der Waals surface area (Å²) in [6.45, 7) is 1.78. The van der Waals surface area contributed by atoms with Crippen LogP contribution in [0.5, 0.6) is 0 Å². The second-order valence-corrected chi connectivity index (χ2v) is 3.42. The van der Waals surface area contributed by atoms with Crippen molar-refractivity contribution in [3.8, 4) is 0 Å². The monoisotopic (exact) mass is 225 g/mol. The molecule has 0 aliphatic rings. The lowest BCUT2D eigenvalue weighted by molar-refractivity contribution is -0.134. The minimum absolute atomic E-state index is 0.381. The van der Waals surface area contributed by atoms with Crippen LogP contribution in [0.4, 0.5) is 5.69 Å². The van der Waals surface area contributed by atoms with E-state index in [1.807, 2.05) is 12.1 Å². The fourth-order valence-electron chi connectivity index (χ4n) is 1.03. The highest BCUT2D eigenvalue weighted by Crippen LogP contribution is 2.14. The predicted molar refractivity (Wildman–Crippen MR) is 60.8 cm³/mol. The molecule has 1 rings (SSSR count). The van der Waals surface area contributed by atoms with Gasteiger partial charge in [-0.1, -0.05) is 11.6 Å². The van der Waals surface area contributed by atoms with E-state index in [1.165, 1.54) is 13.2 Å². The van der Waals surface area contributed by atoms with E-state index in [4.69, 9.17) is 11.6 Å². The van der Waals surface area contributed by atoms with Gasteiger partial charge in [-0.15, -0.1) is 0 Å². The summed E-state index contributed by atoms with van der Waals surface area (Å²) < 4.78 is 4.50. The minimum Gasteiger partial charge on any atom is -0.466 e. The number of benzene rings is 1. The first kappa shape index (κ1) is 11.6. The molecule has 3 nitrogen and oxygen atoms in total. The molecule has 0 aromatic heterocycles. The molecule has 1 N–H and O–H groups in total. The third-order valence-electron chi connectivity index (χ3n) is 1.72. The van der Waals surface area contributed by atoms with Gasteiger partial charge in [-0.05, 0) is 31.2 Å². The van der Waals surface area contributed by atoms with Crippen molar-refractivity contribution in [3.63, 3.8) is 0 Å². The molecule has 80 valence electrons. The van der Waals surface area contributed by atoms with Gasteiger partial charge in [-0.3, -0.25) is 0 Å². The zero-order valence-corrected chi connectivity index (χ0v) is 9.34. The van der Waals surface area contributed by atoms with Crippen LogP contribution in [0.2, 0.25) is 5.02 Å². The quantitative estimate of drug-likeness (QED) is 0.635. The third kappa shape index (κ3) is 4.04. The molecule has 0 saturated carbocycles. The number of ether oxygens (including phenoxy) is 1. The number of hydrogen-bond donors (Lipinski definition) is 1. The van der Waals surface area contributed by atoms with E-state index in [0.29, 0.717) is 10.7 Å². The fourth-order valence-corrected chi connectivity index (χ4v) is 1.16. The van der Waals surface area contributed by atoms with E-state index in [9.17, 15) is 4.79 Å². The summed E-state index contributed by atoms with van der Waals surface area (Å²) in [5, 5.41) is 3.71. The Morgan fingerprint density at radius 1 is 1.40 bits per heavy atom. The Labute approximate surface area is 93.7 Å². The third-order valence-corrected chi connectivity index (χ3v) is 1.97. The lowest BCUT2D eigenvalue weighted by Crippen LogP contribution is -2.01. The van der Waals surface area contributed by atoms with Crippen LogP contribution in [-0.4, -0.2) is 13.1 Å². The normalized spacial score (nSPS) is 11.0. The molecule has 0 amide bonds. The maximum absolute atomic E-state index is 10.9. The van der Waals surface area contributed by atoms with Gasteiger partial charge in [0.05, 0.1) is 7.11 Å². The first-order chi connectivity index (χ1) is 7.11. The maximum atomic E-state index is 10.9. The Kier molecular flexibility index (Phi) is 4.18. The summed E-state index contributed by atoms with van der Waals surface area (Å²) in [6.07, 6.45) is 1.38. The SMILES string of the molecule is COC(=O)C=C(C)Nc1ccc(Cl)cc1. The molecule has 0 spiro atoms. The van der Waals surface area contributed by atoms with Gasteiger partial charge < -0.3 is 10.1 Å². The van der Waals surface area contributed by atoms with Crippen LogP contribution >= 0.6 is 11.6 Å². The first-order valence-corrected chi connectivity index (χ1v) is 4.78. The molecule has 0 bridgehead atoms. The molecule has 0 aliphatic heterocycles. The lowest BCUT2D eigenvalue weighted by atomic mass is 10.3. The topological polar surface area (TPSA) is 38.3 Å². The number of halogens is 1. The van der Waals surface area contributed by atoms with Gasteiger partial charge in [0.2, 0.25) is 0 Å². The fraction of sp³-hybridized carbons (Fsp3) is 0.182. The molecule has 0 radical (unpaired) electrons. The van der Waals surface area contributed by atoms with Gasteiger partial charge in [-0.2, -0.15) is 0 Å². The van der Waals surface area contributed by atoms with E-state index in [1.54, 1.807) is 19.1 Å². The molecule has 0 heterocycles. The summed E-state index contributed by atoms with van der Waals surface area (Å²) >= 11 is 5.74. The molecular weight excluding hydrogens is 214 g/mol. The van der Waals surface area contributed by atoms with Crippen molar-refractivity contribution in [2.75, 3.05) is 12.4 Å². The van der Waals surface area contributed by atoms with Gasteiger partial charge in [0, 0.05) is 22.5 Å². The molecular formula is C11H12ClNO2. The van der Waals surface area contributed by atoms with Crippen LogP contribution in [-0.2, 0) is 9.53 Å². The molecule has 0 unspecified atom stereocenters. The van der Waals surface area contributed by atoms with Crippen LogP contribution in [0.1, 0.15) is 6.92 Å². The molecule has 0 saturated heterocycles. The van der Waals surface area contributed by atoms with Crippen LogP contribution in [0, 0.1) is 0 Å². The number of methoxy groups -OCH3 is 1. The first-order valence-electron chi connectivity index (χ1n) is 4.40. The highest BCUT2D eigenvalue weighted by Gasteiger charge is 1.97. The van der Waals surface area contributed by atoms with Crippen LogP contribution < -0.4 is 5.32 Å². The molecule has 0 aliphatic carbocycles. The molecule has 15 heavy (non-hydrogen) atoms. The zero-order valence-electron chi connectivity index (χ0n) is 8.58. The molecule has 1 aromatic rings. The Hall–Kier alpha value is -1.48. The van der Waals surface area contributed by atoms with Crippen molar-refractivity contribution >= 4 is 23.3 Å². The van der Waals surface area contributed by atoms with Crippen molar-refractivity contribution in [3.05, 3.63) is 41.1 Å². The Bertz CT molecular complexity index is 371. The Morgan fingerprint density at radius 2 is 2.00 bits per heavy atom. The maximum Gasteiger partial charge on any atom is 0.332 e. The average molecular weight is 226 g/mol. The number of nitrogens with one attached hydrogen (secondary N) is 1. The van der Waals surface area contributed by atoms with Crippen molar-refractivity contribution in [2.24, 2.45) is 0 Å². The van der Waals surface area contributed by atoms with Gasteiger partial charge in [-0.25, -0.2) is 4.79 Å². The number of carbonyl (C=O) groups excluding carboxylic acids is 1. The van der Waals surface area contributed by atoms with Crippen molar-refractivity contribution < 1.29 is 9.53 Å².